The zero-order valence-electron chi connectivity index (χ0n) is 11.7. The van der Waals surface area contributed by atoms with E-state index in [1.54, 1.807) is 0 Å². The molecule has 0 saturated carbocycles. The van der Waals surface area contributed by atoms with E-state index in [1.807, 2.05) is 30.3 Å². The summed E-state index contributed by atoms with van der Waals surface area (Å²) in [6, 6.07) is 9.26. The Bertz CT molecular complexity index is 474. The number of carbonyl (C=O) groups is 1. The minimum atomic E-state index is -1.66. The molecule has 0 aliphatic carbocycles. The number of isocyanates is 1. The monoisotopic (exact) mass is 313 g/mol. The van der Waals surface area contributed by atoms with Crippen molar-refractivity contribution in [3.05, 3.63) is 35.9 Å². The topological polar surface area (TPSA) is 108 Å². The fraction of sp³-hybridized carbons (Fsp3) is 0.429. The maximum absolute atomic E-state index is 11.6. The zero-order chi connectivity index (χ0) is 14.8. The van der Waals surface area contributed by atoms with Crippen LogP contribution in [0.4, 0.5) is 0 Å². The third-order valence-electron chi connectivity index (χ3n) is 2.90. The van der Waals surface area contributed by atoms with Gasteiger partial charge in [0.1, 0.15) is 0 Å². The van der Waals surface area contributed by atoms with E-state index in [2.05, 4.69) is 4.99 Å². The van der Waals surface area contributed by atoms with Crippen molar-refractivity contribution in [1.82, 2.24) is 0 Å². The van der Waals surface area contributed by atoms with Crippen LogP contribution in [0.3, 0.4) is 0 Å². The first-order valence-corrected chi connectivity index (χ1v) is 6.41. The molecule has 0 aliphatic rings. The van der Waals surface area contributed by atoms with Crippen molar-refractivity contribution in [2.24, 2.45) is 16.5 Å². The Labute approximate surface area is 130 Å². The molecule has 6 nitrogen and oxygen atoms in total. The molecule has 0 fully saturated rings. The van der Waals surface area contributed by atoms with Gasteiger partial charge in [-0.3, -0.25) is 4.79 Å². The van der Waals surface area contributed by atoms with Crippen LogP contribution in [0.1, 0.15) is 24.8 Å². The molecule has 0 bridgehead atoms. The second-order valence-corrected chi connectivity index (χ2v) is 4.37. The fourth-order valence-electron chi connectivity index (χ4n) is 1.77. The van der Waals surface area contributed by atoms with Crippen LogP contribution >= 0.6 is 12.4 Å². The van der Waals surface area contributed by atoms with E-state index in [1.165, 1.54) is 6.08 Å². The van der Waals surface area contributed by atoms with Crippen LogP contribution in [0.25, 0.3) is 0 Å². The van der Waals surface area contributed by atoms with E-state index in [-0.39, 0.29) is 25.4 Å². The number of primary amides is 1. The number of nitrogens with zero attached hydrogens (tertiary/aromatic N) is 1. The highest BCUT2D eigenvalue weighted by atomic mass is 35.5. The van der Waals surface area contributed by atoms with Gasteiger partial charge < -0.3 is 16.2 Å². The molecule has 1 aromatic rings. The SMILES string of the molecule is Cl.NCCCC[C@](N=C=O)(OCc1ccccc1)C(N)=O. The van der Waals surface area contributed by atoms with E-state index in [4.69, 9.17) is 16.2 Å². The van der Waals surface area contributed by atoms with Crippen molar-refractivity contribution < 1.29 is 14.3 Å². The summed E-state index contributed by atoms with van der Waals surface area (Å²) in [6.45, 7) is 0.621. The molecule has 4 N–H and O–H groups in total. The second kappa shape index (κ2) is 10.1. The van der Waals surface area contributed by atoms with Gasteiger partial charge in [0.05, 0.1) is 6.61 Å². The van der Waals surface area contributed by atoms with Crippen LogP contribution in [0.5, 0.6) is 0 Å². The highest BCUT2D eigenvalue weighted by molar-refractivity contribution is 5.85. The number of benzene rings is 1. The van der Waals surface area contributed by atoms with E-state index < -0.39 is 11.6 Å². The van der Waals surface area contributed by atoms with Crippen LogP contribution in [-0.4, -0.2) is 24.3 Å². The molecule has 1 rings (SSSR count). The first kappa shape index (κ1) is 19.3. The molecule has 116 valence electrons. The summed E-state index contributed by atoms with van der Waals surface area (Å²) in [7, 11) is 0. The maximum atomic E-state index is 11.6. The standard InChI is InChI=1S/C14H19N3O3.ClH/c15-9-5-4-8-14(13(16)19,17-11-18)20-10-12-6-2-1-3-7-12;/h1-3,6-7H,4-5,8-10,15H2,(H2,16,19);1H/t14-;/m0./s1. The van der Waals surface area contributed by atoms with Gasteiger partial charge in [-0.1, -0.05) is 30.3 Å². The van der Waals surface area contributed by atoms with Crippen LogP contribution in [0.15, 0.2) is 35.3 Å². The quantitative estimate of drug-likeness (QED) is 0.406. The number of aliphatic imine (C=N–C) groups is 1. The largest absolute Gasteiger partial charge is 0.365 e. The van der Waals surface area contributed by atoms with Gasteiger partial charge >= 0.3 is 0 Å². The summed E-state index contributed by atoms with van der Waals surface area (Å²) in [5.41, 5.74) is 9.94. The average Bonchev–Trinajstić information content (AvgIpc) is 2.46. The smallest absolute Gasteiger partial charge is 0.273 e. The molecule has 0 heterocycles. The minimum absolute atomic E-state index is 0. The Morgan fingerprint density at radius 3 is 2.48 bits per heavy atom. The predicted octanol–water partition coefficient (Wildman–Crippen LogP) is 1.27. The molecule has 0 spiro atoms. The van der Waals surface area contributed by atoms with Crippen LogP contribution in [0.2, 0.25) is 0 Å². The van der Waals surface area contributed by atoms with Crippen molar-refractivity contribution in [2.75, 3.05) is 6.54 Å². The number of hydrogen-bond donors (Lipinski definition) is 2. The first-order chi connectivity index (χ1) is 9.64. The maximum Gasteiger partial charge on any atom is 0.273 e. The second-order valence-electron chi connectivity index (χ2n) is 4.37. The van der Waals surface area contributed by atoms with Gasteiger partial charge in [-0.2, -0.15) is 4.99 Å². The Hall–Kier alpha value is -1.72. The highest BCUT2D eigenvalue weighted by Crippen LogP contribution is 2.22. The molecule has 7 heteroatoms. The number of unbranched alkanes of at least 4 members (excludes halogenated alkanes) is 1. The molecule has 0 aliphatic heterocycles. The number of amides is 1. The van der Waals surface area contributed by atoms with Gasteiger partial charge in [0.15, 0.2) is 0 Å². The van der Waals surface area contributed by atoms with E-state index in [0.717, 1.165) is 5.56 Å². The van der Waals surface area contributed by atoms with Crippen LogP contribution in [0, 0.1) is 0 Å². The van der Waals surface area contributed by atoms with Crippen LogP contribution in [-0.2, 0) is 20.9 Å². The van der Waals surface area contributed by atoms with Crippen molar-refractivity contribution >= 4 is 24.4 Å². The number of carbonyl (C=O) groups excluding carboxylic acids is 2. The van der Waals surface area contributed by atoms with Crippen molar-refractivity contribution in [2.45, 2.75) is 31.6 Å². The molecule has 0 aromatic heterocycles. The summed E-state index contributed by atoms with van der Waals surface area (Å²) in [4.78, 5) is 25.7. The summed E-state index contributed by atoms with van der Waals surface area (Å²) < 4.78 is 5.52. The molecular weight excluding hydrogens is 294 g/mol. The molecule has 1 atom stereocenters. The lowest BCUT2D eigenvalue weighted by atomic mass is 10.1. The fourth-order valence-corrected chi connectivity index (χ4v) is 1.77. The lowest BCUT2D eigenvalue weighted by Crippen LogP contribution is -2.44. The summed E-state index contributed by atoms with van der Waals surface area (Å²) in [6.07, 6.45) is 2.86. The lowest BCUT2D eigenvalue weighted by molar-refractivity contribution is -0.145. The Balaban J connectivity index is 0.00000400. The molecule has 21 heavy (non-hydrogen) atoms. The Morgan fingerprint density at radius 2 is 1.95 bits per heavy atom. The molecule has 0 saturated heterocycles. The highest BCUT2D eigenvalue weighted by Gasteiger charge is 2.37. The van der Waals surface area contributed by atoms with E-state index in [9.17, 15) is 9.59 Å². The van der Waals surface area contributed by atoms with Gasteiger partial charge in [-0.05, 0) is 24.9 Å². The molecule has 1 amide bonds. The molecule has 0 radical (unpaired) electrons. The Morgan fingerprint density at radius 1 is 1.29 bits per heavy atom. The summed E-state index contributed by atoms with van der Waals surface area (Å²) >= 11 is 0. The molecule has 1 aromatic carbocycles. The van der Waals surface area contributed by atoms with E-state index in [0.29, 0.717) is 19.4 Å². The summed E-state index contributed by atoms with van der Waals surface area (Å²) in [5, 5.41) is 0. The van der Waals surface area contributed by atoms with Gasteiger partial charge in [-0.15, -0.1) is 12.4 Å². The third kappa shape index (κ3) is 6.06. The average molecular weight is 314 g/mol. The molecular formula is C14H20ClN3O3. The lowest BCUT2D eigenvalue weighted by Gasteiger charge is -2.25. The predicted molar refractivity (Wildman–Crippen MR) is 81.4 cm³/mol. The molecule has 0 unspecified atom stereocenters. The Kier molecular flexibility index (Phi) is 9.25. The van der Waals surface area contributed by atoms with Gasteiger partial charge in [0.2, 0.25) is 11.8 Å². The normalized spacial score (nSPS) is 12.6. The van der Waals surface area contributed by atoms with Crippen molar-refractivity contribution in [1.29, 1.82) is 0 Å². The number of nitrogens with two attached hydrogens (primary N) is 2. The van der Waals surface area contributed by atoms with Gasteiger partial charge in [0.25, 0.3) is 5.91 Å². The number of halogens is 1. The first-order valence-electron chi connectivity index (χ1n) is 6.41. The number of hydrogen-bond acceptors (Lipinski definition) is 5. The summed E-state index contributed by atoms with van der Waals surface area (Å²) in [5.74, 6) is -0.797. The van der Waals surface area contributed by atoms with Crippen molar-refractivity contribution in [3.63, 3.8) is 0 Å². The zero-order valence-corrected chi connectivity index (χ0v) is 12.5. The van der Waals surface area contributed by atoms with Gasteiger partial charge in [0, 0.05) is 6.42 Å². The van der Waals surface area contributed by atoms with Crippen LogP contribution < -0.4 is 11.5 Å². The number of ether oxygens (including phenoxy) is 1. The van der Waals surface area contributed by atoms with Crippen molar-refractivity contribution in [3.8, 4) is 0 Å². The van der Waals surface area contributed by atoms with Gasteiger partial charge in [-0.25, -0.2) is 4.79 Å². The number of rotatable bonds is 9. The van der Waals surface area contributed by atoms with E-state index >= 15 is 0 Å². The third-order valence-corrected chi connectivity index (χ3v) is 2.90. The minimum Gasteiger partial charge on any atom is -0.365 e.